The van der Waals surface area contributed by atoms with Gasteiger partial charge in [0.25, 0.3) is 0 Å². The van der Waals surface area contributed by atoms with Crippen LogP contribution in [-0.2, 0) is 4.74 Å². The quantitative estimate of drug-likeness (QED) is 0.610. The highest BCUT2D eigenvalue weighted by atomic mass is 19.1. The SMILES string of the molecule is CCOCC(C)Oc1cc(F)c(C(=O)O)cc1[N+](=O)[O-]. The second kappa shape index (κ2) is 6.80. The lowest BCUT2D eigenvalue weighted by Crippen LogP contribution is -2.20. The van der Waals surface area contributed by atoms with Gasteiger partial charge in [-0.05, 0) is 13.8 Å². The molecule has 1 N–H and O–H groups in total. The molecule has 1 aromatic carbocycles. The molecular weight excluding hydrogens is 273 g/mol. The van der Waals surface area contributed by atoms with Crippen LogP contribution >= 0.6 is 0 Å². The third-order valence-electron chi connectivity index (χ3n) is 2.36. The molecule has 0 saturated carbocycles. The average molecular weight is 287 g/mol. The van der Waals surface area contributed by atoms with Gasteiger partial charge in [-0.2, -0.15) is 0 Å². The highest BCUT2D eigenvalue weighted by Gasteiger charge is 2.24. The maximum absolute atomic E-state index is 13.5. The van der Waals surface area contributed by atoms with Crippen molar-refractivity contribution in [2.24, 2.45) is 0 Å². The van der Waals surface area contributed by atoms with E-state index in [1.807, 2.05) is 0 Å². The summed E-state index contributed by atoms with van der Waals surface area (Å²) in [5.41, 5.74) is -1.38. The number of hydrogen-bond donors (Lipinski definition) is 1. The van der Waals surface area contributed by atoms with Crippen molar-refractivity contribution in [2.45, 2.75) is 20.0 Å². The Hall–Kier alpha value is -2.22. The second-order valence-corrected chi connectivity index (χ2v) is 3.95. The predicted octanol–water partition coefficient (Wildman–Crippen LogP) is 2.24. The third kappa shape index (κ3) is 3.89. The number of ether oxygens (including phenoxy) is 2. The van der Waals surface area contributed by atoms with Gasteiger partial charge in [-0.3, -0.25) is 10.1 Å². The zero-order valence-electron chi connectivity index (χ0n) is 11.0. The van der Waals surface area contributed by atoms with Gasteiger partial charge < -0.3 is 14.6 Å². The fourth-order valence-electron chi connectivity index (χ4n) is 1.48. The predicted molar refractivity (Wildman–Crippen MR) is 66.6 cm³/mol. The number of hydrogen-bond acceptors (Lipinski definition) is 5. The molecule has 8 heteroatoms. The highest BCUT2D eigenvalue weighted by Crippen LogP contribution is 2.31. The van der Waals surface area contributed by atoms with E-state index in [1.54, 1.807) is 13.8 Å². The van der Waals surface area contributed by atoms with E-state index in [-0.39, 0.29) is 12.4 Å². The number of rotatable bonds is 7. The van der Waals surface area contributed by atoms with Crippen molar-refractivity contribution in [3.63, 3.8) is 0 Å². The molecule has 0 heterocycles. The Morgan fingerprint density at radius 3 is 2.70 bits per heavy atom. The average Bonchev–Trinajstić information content (AvgIpc) is 2.35. The van der Waals surface area contributed by atoms with Crippen molar-refractivity contribution in [1.82, 2.24) is 0 Å². The van der Waals surface area contributed by atoms with Crippen LogP contribution in [0.25, 0.3) is 0 Å². The van der Waals surface area contributed by atoms with Crippen molar-refractivity contribution in [3.8, 4) is 5.75 Å². The molecule has 0 amide bonds. The topological polar surface area (TPSA) is 98.9 Å². The number of halogens is 1. The molecule has 7 nitrogen and oxygen atoms in total. The number of nitrogens with zero attached hydrogens (tertiary/aromatic N) is 1. The van der Waals surface area contributed by atoms with E-state index in [4.69, 9.17) is 14.6 Å². The summed E-state index contributed by atoms with van der Waals surface area (Å²) in [6.07, 6.45) is -0.538. The molecule has 0 aliphatic rings. The van der Waals surface area contributed by atoms with Crippen LogP contribution in [0.1, 0.15) is 24.2 Å². The molecule has 1 atom stereocenters. The minimum absolute atomic E-state index is 0.177. The van der Waals surface area contributed by atoms with Crippen molar-refractivity contribution < 1.29 is 28.7 Å². The summed E-state index contributed by atoms with van der Waals surface area (Å²) in [5, 5.41) is 19.6. The maximum Gasteiger partial charge on any atom is 0.338 e. The number of nitro groups is 1. The van der Waals surface area contributed by atoms with Gasteiger partial charge in [0, 0.05) is 18.7 Å². The lowest BCUT2D eigenvalue weighted by Gasteiger charge is -2.14. The number of carboxylic acid groups (broad SMARTS) is 1. The van der Waals surface area contributed by atoms with E-state index >= 15 is 0 Å². The zero-order valence-corrected chi connectivity index (χ0v) is 11.0. The van der Waals surface area contributed by atoms with Gasteiger partial charge in [-0.15, -0.1) is 0 Å². The first-order valence-corrected chi connectivity index (χ1v) is 5.82. The monoisotopic (exact) mass is 287 g/mol. The Bertz CT molecular complexity index is 519. The van der Waals surface area contributed by atoms with Crippen LogP contribution < -0.4 is 4.74 Å². The summed E-state index contributed by atoms with van der Waals surface area (Å²) >= 11 is 0. The second-order valence-electron chi connectivity index (χ2n) is 3.95. The summed E-state index contributed by atoms with van der Waals surface area (Å²) < 4.78 is 23.8. The van der Waals surface area contributed by atoms with Crippen LogP contribution in [0.4, 0.5) is 10.1 Å². The molecule has 0 bridgehead atoms. The van der Waals surface area contributed by atoms with Crippen molar-refractivity contribution >= 4 is 11.7 Å². The molecule has 0 saturated heterocycles. The van der Waals surface area contributed by atoms with Crippen molar-refractivity contribution in [3.05, 3.63) is 33.6 Å². The van der Waals surface area contributed by atoms with E-state index in [1.165, 1.54) is 0 Å². The molecule has 0 aliphatic carbocycles. The Morgan fingerprint density at radius 1 is 1.55 bits per heavy atom. The number of carbonyl (C=O) groups is 1. The molecule has 0 aliphatic heterocycles. The van der Waals surface area contributed by atoms with Gasteiger partial charge in [-0.25, -0.2) is 9.18 Å². The standard InChI is InChI=1S/C12H14FNO6/c1-3-19-6-7(2)20-11-5-9(13)8(12(15)16)4-10(11)14(17)18/h4-5,7H,3,6H2,1-2H3,(H,15,16). The lowest BCUT2D eigenvalue weighted by molar-refractivity contribution is -0.386. The smallest absolute Gasteiger partial charge is 0.338 e. The van der Waals surface area contributed by atoms with E-state index in [9.17, 15) is 19.3 Å². The van der Waals surface area contributed by atoms with Crippen LogP contribution in [0, 0.1) is 15.9 Å². The summed E-state index contributed by atoms with van der Waals surface area (Å²) in [6, 6.07) is 1.34. The summed E-state index contributed by atoms with van der Waals surface area (Å²) in [6.45, 7) is 4.00. The van der Waals surface area contributed by atoms with Gasteiger partial charge >= 0.3 is 11.7 Å². The Labute approximate surface area is 114 Å². The molecule has 1 unspecified atom stereocenters. The fourth-order valence-corrected chi connectivity index (χ4v) is 1.48. The van der Waals surface area contributed by atoms with E-state index in [0.29, 0.717) is 18.7 Å². The minimum Gasteiger partial charge on any atom is -0.481 e. The van der Waals surface area contributed by atoms with Gasteiger partial charge in [0.05, 0.1) is 11.5 Å². The molecule has 110 valence electrons. The highest BCUT2D eigenvalue weighted by molar-refractivity contribution is 5.89. The summed E-state index contributed by atoms with van der Waals surface area (Å²) in [7, 11) is 0. The molecule has 0 aromatic heterocycles. The van der Waals surface area contributed by atoms with Gasteiger partial charge in [0.1, 0.15) is 17.5 Å². The number of nitro benzene ring substituents is 1. The first kappa shape index (κ1) is 15.8. The number of aromatic carboxylic acids is 1. The van der Waals surface area contributed by atoms with E-state index < -0.39 is 34.1 Å². The molecule has 20 heavy (non-hydrogen) atoms. The van der Waals surface area contributed by atoms with Crippen LogP contribution in [0.5, 0.6) is 5.75 Å². The third-order valence-corrected chi connectivity index (χ3v) is 2.36. The molecular formula is C12H14FNO6. The molecule has 0 radical (unpaired) electrons. The maximum atomic E-state index is 13.5. The first-order valence-electron chi connectivity index (χ1n) is 5.82. The Morgan fingerprint density at radius 2 is 2.20 bits per heavy atom. The van der Waals surface area contributed by atoms with Crippen LogP contribution in [0.2, 0.25) is 0 Å². The minimum atomic E-state index is -1.58. The first-order chi connectivity index (χ1) is 9.36. The number of benzene rings is 1. The van der Waals surface area contributed by atoms with Gasteiger partial charge in [0.2, 0.25) is 0 Å². The molecule has 0 spiro atoms. The molecule has 1 aromatic rings. The van der Waals surface area contributed by atoms with Crippen LogP contribution in [0.3, 0.4) is 0 Å². The normalized spacial score (nSPS) is 11.9. The fraction of sp³-hybridized carbons (Fsp3) is 0.417. The number of carboxylic acids is 1. The van der Waals surface area contributed by atoms with Crippen LogP contribution in [0.15, 0.2) is 12.1 Å². The zero-order chi connectivity index (χ0) is 15.3. The van der Waals surface area contributed by atoms with Crippen molar-refractivity contribution in [1.29, 1.82) is 0 Å². The van der Waals surface area contributed by atoms with Gasteiger partial charge in [-0.1, -0.05) is 0 Å². The Balaban J connectivity index is 3.09. The lowest BCUT2D eigenvalue weighted by atomic mass is 10.1. The summed E-state index contributed by atoms with van der Waals surface area (Å²) in [4.78, 5) is 20.8. The van der Waals surface area contributed by atoms with E-state index in [2.05, 4.69) is 0 Å². The van der Waals surface area contributed by atoms with Gasteiger partial charge in [0.15, 0.2) is 5.75 Å². The van der Waals surface area contributed by atoms with Crippen molar-refractivity contribution in [2.75, 3.05) is 13.2 Å². The van der Waals surface area contributed by atoms with Crippen LogP contribution in [-0.4, -0.2) is 35.3 Å². The Kier molecular flexibility index (Phi) is 5.39. The largest absolute Gasteiger partial charge is 0.481 e. The molecule has 0 fully saturated rings. The molecule has 1 rings (SSSR count). The summed E-state index contributed by atoms with van der Waals surface area (Å²) in [5.74, 6) is -3.01. The van der Waals surface area contributed by atoms with E-state index in [0.717, 1.165) is 0 Å².